The Morgan fingerprint density at radius 3 is 2.74 bits per heavy atom. The molecule has 146 valence electrons. The van der Waals surface area contributed by atoms with Crippen molar-refractivity contribution in [3.8, 4) is 0 Å². The Labute approximate surface area is 162 Å². The number of carbonyl (C=O) groups excluding carboxylic acids is 1. The number of pyridine rings is 1. The molecular weight excluding hydrogens is 371 g/mol. The van der Waals surface area contributed by atoms with Gasteiger partial charge in [-0.2, -0.15) is 5.10 Å². The second kappa shape index (κ2) is 6.33. The molecule has 6 nitrogen and oxygen atoms in total. The number of fused-ring (bicyclic) bond motifs is 4. The van der Waals surface area contributed by atoms with Crippen LogP contribution < -0.4 is 0 Å². The lowest BCUT2D eigenvalue weighted by atomic mass is 9.70. The van der Waals surface area contributed by atoms with E-state index >= 15 is 0 Å². The number of ether oxygens (including phenoxy) is 1. The first-order chi connectivity index (χ1) is 12.7. The van der Waals surface area contributed by atoms with E-state index in [-0.39, 0.29) is 29.1 Å². The molecule has 3 aliphatic rings. The molecule has 3 unspecified atom stereocenters. The number of rotatable bonds is 1. The molecule has 2 saturated heterocycles. The van der Waals surface area contributed by atoms with Crippen LogP contribution in [0.1, 0.15) is 51.6 Å². The highest BCUT2D eigenvalue weighted by Gasteiger charge is 2.45. The summed E-state index contributed by atoms with van der Waals surface area (Å²) in [6.07, 6.45) is 4.15. The van der Waals surface area contributed by atoms with Crippen molar-refractivity contribution in [1.29, 1.82) is 0 Å². The highest BCUT2D eigenvalue weighted by atomic mass is 35.5. The smallest absolute Gasteiger partial charge is 0.410 e. The van der Waals surface area contributed by atoms with E-state index < -0.39 is 11.4 Å². The van der Waals surface area contributed by atoms with Gasteiger partial charge in [0.15, 0.2) is 11.0 Å². The second-order valence-electron chi connectivity index (χ2n) is 8.60. The zero-order chi connectivity index (χ0) is 19.5. The molecule has 2 aliphatic heterocycles. The predicted octanol–water partition coefficient (Wildman–Crippen LogP) is 4.26. The summed E-state index contributed by atoms with van der Waals surface area (Å²) in [5.41, 5.74) is 0.733. The van der Waals surface area contributed by atoms with Gasteiger partial charge in [-0.05, 0) is 46.0 Å². The quantitative estimate of drug-likeness (QED) is 0.678. The molecule has 0 radical (unpaired) electrons. The van der Waals surface area contributed by atoms with Gasteiger partial charge in [-0.15, -0.1) is 0 Å². The zero-order valence-corrected chi connectivity index (χ0v) is 16.8. The molecule has 1 amide bonds. The van der Waals surface area contributed by atoms with Gasteiger partial charge in [0.1, 0.15) is 11.1 Å². The molecule has 5 rings (SSSR count). The largest absolute Gasteiger partial charge is 0.444 e. The molecule has 2 aromatic heterocycles. The number of amides is 1. The SMILES string of the molecule is Cn1nc(C2CC3CCC2CN3C(=O)OC(C)(C)C)c2cnc(Cl)c(F)c21. The van der Waals surface area contributed by atoms with E-state index in [0.29, 0.717) is 17.4 Å². The molecule has 3 atom stereocenters. The van der Waals surface area contributed by atoms with Gasteiger partial charge in [-0.1, -0.05) is 11.6 Å². The van der Waals surface area contributed by atoms with E-state index in [0.717, 1.165) is 25.0 Å². The number of nitrogens with zero attached hydrogens (tertiary/aromatic N) is 4. The topological polar surface area (TPSA) is 60.2 Å². The van der Waals surface area contributed by atoms with Crippen LogP contribution >= 0.6 is 11.6 Å². The minimum Gasteiger partial charge on any atom is -0.444 e. The van der Waals surface area contributed by atoms with Gasteiger partial charge in [0.2, 0.25) is 0 Å². The summed E-state index contributed by atoms with van der Waals surface area (Å²) >= 11 is 5.84. The Kier molecular flexibility index (Phi) is 4.33. The molecule has 1 aliphatic carbocycles. The van der Waals surface area contributed by atoms with Crippen LogP contribution in [0.4, 0.5) is 9.18 Å². The molecule has 2 bridgehead atoms. The highest BCUT2D eigenvalue weighted by molar-refractivity contribution is 6.30. The fourth-order valence-corrected chi connectivity index (χ4v) is 4.63. The third-order valence-electron chi connectivity index (χ3n) is 5.63. The van der Waals surface area contributed by atoms with Crippen molar-refractivity contribution in [1.82, 2.24) is 19.7 Å². The monoisotopic (exact) mass is 394 g/mol. The molecular formula is C19H24ClFN4O2. The number of carbonyl (C=O) groups is 1. The molecule has 0 spiro atoms. The van der Waals surface area contributed by atoms with Crippen molar-refractivity contribution >= 4 is 28.6 Å². The first-order valence-corrected chi connectivity index (χ1v) is 9.69. The van der Waals surface area contributed by atoms with E-state index in [9.17, 15) is 9.18 Å². The summed E-state index contributed by atoms with van der Waals surface area (Å²) in [5.74, 6) is -0.0837. The van der Waals surface area contributed by atoms with E-state index in [1.54, 1.807) is 17.9 Å². The second-order valence-corrected chi connectivity index (χ2v) is 8.96. The van der Waals surface area contributed by atoms with E-state index in [1.165, 1.54) is 0 Å². The van der Waals surface area contributed by atoms with Crippen LogP contribution in [0, 0.1) is 11.7 Å². The van der Waals surface area contributed by atoms with Crippen molar-refractivity contribution in [3.63, 3.8) is 0 Å². The standard InChI is InChI=1S/C19H24ClFN4O2/c1-19(2,3)27-18(26)25-9-10-5-6-11(25)7-12(10)15-13-8-22-17(20)14(21)16(13)24(4)23-15/h8,10-12H,5-7,9H2,1-4H3. The predicted molar refractivity (Wildman–Crippen MR) is 100 cm³/mol. The average molecular weight is 395 g/mol. The first-order valence-electron chi connectivity index (χ1n) is 9.32. The minimum atomic E-state index is -0.535. The van der Waals surface area contributed by atoms with E-state index in [4.69, 9.17) is 16.3 Å². The summed E-state index contributed by atoms with van der Waals surface area (Å²) in [6, 6.07) is 0.122. The Morgan fingerprint density at radius 2 is 2.11 bits per heavy atom. The van der Waals surface area contributed by atoms with Crippen molar-refractivity contribution in [3.05, 3.63) is 22.9 Å². The summed E-state index contributed by atoms with van der Waals surface area (Å²) in [7, 11) is 1.72. The number of halogens is 2. The van der Waals surface area contributed by atoms with Crippen LogP contribution in [0.25, 0.3) is 10.9 Å². The van der Waals surface area contributed by atoms with Crippen LogP contribution in [-0.4, -0.2) is 43.9 Å². The summed E-state index contributed by atoms with van der Waals surface area (Å²) in [4.78, 5) is 18.4. The number of aromatic nitrogens is 3. The lowest BCUT2D eigenvalue weighted by Crippen LogP contribution is -2.54. The summed E-state index contributed by atoms with van der Waals surface area (Å²) in [6.45, 7) is 6.28. The number of aryl methyl sites for hydroxylation is 1. The Bertz CT molecular complexity index is 907. The van der Waals surface area contributed by atoms with Crippen molar-refractivity contribution < 1.29 is 13.9 Å². The maximum Gasteiger partial charge on any atom is 0.410 e. The molecule has 2 aromatic rings. The molecule has 4 heterocycles. The van der Waals surface area contributed by atoms with Crippen LogP contribution in [0.5, 0.6) is 0 Å². The van der Waals surface area contributed by atoms with Gasteiger partial charge < -0.3 is 9.64 Å². The Hall–Kier alpha value is -1.89. The van der Waals surface area contributed by atoms with E-state index in [2.05, 4.69) is 10.1 Å². The highest BCUT2D eigenvalue weighted by Crippen LogP contribution is 2.46. The lowest BCUT2D eigenvalue weighted by molar-refractivity contribution is -0.0183. The number of hydrogen-bond acceptors (Lipinski definition) is 4. The summed E-state index contributed by atoms with van der Waals surface area (Å²) in [5, 5.41) is 5.18. The van der Waals surface area contributed by atoms with Gasteiger partial charge in [-0.25, -0.2) is 14.2 Å². The Balaban J connectivity index is 1.63. The van der Waals surface area contributed by atoms with E-state index in [1.807, 2.05) is 25.7 Å². The van der Waals surface area contributed by atoms with Crippen LogP contribution in [0.3, 0.4) is 0 Å². The molecule has 3 fully saturated rings. The fraction of sp³-hybridized carbons (Fsp3) is 0.632. The van der Waals surface area contributed by atoms with Crippen LogP contribution in [0.2, 0.25) is 5.15 Å². The van der Waals surface area contributed by atoms with Crippen LogP contribution in [0.15, 0.2) is 6.20 Å². The molecule has 8 heteroatoms. The van der Waals surface area contributed by atoms with Crippen LogP contribution in [-0.2, 0) is 11.8 Å². The number of hydrogen-bond donors (Lipinski definition) is 0. The minimum absolute atomic E-state index is 0.122. The average Bonchev–Trinajstić information content (AvgIpc) is 2.94. The molecule has 0 aromatic carbocycles. The maximum absolute atomic E-state index is 14.4. The van der Waals surface area contributed by atoms with Gasteiger partial charge in [-0.3, -0.25) is 4.68 Å². The third kappa shape index (κ3) is 3.16. The van der Waals surface area contributed by atoms with Crippen molar-refractivity contribution in [2.75, 3.05) is 6.54 Å². The summed E-state index contributed by atoms with van der Waals surface area (Å²) < 4.78 is 21.5. The first kappa shape index (κ1) is 18.5. The zero-order valence-electron chi connectivity index (χ0n) is 16.0. The molecule has 27 heavy (non-hydrogen) atoms. The van der Waals surface area contributed by atoms with Gasteiger partial charge in [0.05, 0.1) is 5.69 Å². The van der Waals surface area contributed by atoms with Gasteiger partial charge >= 0.3 is 6.09 Å². The number of piperidine rings is 2. The Morgan fingerprint density at radius 1 is 1.37 bits per heavy atom. The third-order valence-corrected chi connectivity index (χ3v) is 5.89. The van der Waals surface area contributed by atoms with Gasteiger partial charge in [0, 0.05) is 37.1 Å². The maximum atomic E-state index is 14.4. The van der Waals surface area contributed by atoms with Crippen molar-refractivity contribution in [2.45, 2.75) is 57.6 Å². The molecule has 1 saturated carbocycles. The van der Waals surface area contributed by atoms with Crippen molar-refractivity contribution in [2.24, 2.45) is 13.0 Å². The van der Waals surface area contributed by atoms with Gasteiger partial charge in [0.25, 0.3) is 0 Å². The lowest BCUT2D eigenvalue weighted by Gasteiger charge is -2.49. The fourth-order valence-electron chi connectivity index (χ4n) is 4.49. The normalized spacial score (nSPS) is 25.3. The molecule has 0 N–H and O–H groups in total.